The number of carboxylic acids is 1. The Hall–Kier alpha value is -2.15. The van der Waals surface area contributed by atoms with Crippen LogP contribution in [0.1, 0.15) is 18.3 Å². The lowest BCUT2D eigenvalue weighted by molar-refractivity contribution is -0.141. The minimum Gasteiger partial charge on any atom is -0.480 e. The molecule has 0 saturated carbocycles. The minimum absolute atomic E-state index is 0.250. The smallest absolute Gasteiger partial charge is 0.328 e. The molecule has 7 heteroatoms. The van der Waals surface area contributed by atoms with E-state index in [4.69, 9.17) is 5.11 Å². The number of pyridine rings is 1. The molecule has 0 aromatic carbocycles. The summed E-state index contributed by atoms with van der Waals surface area (Å²) in [6, 6.07) is 3.54. The van der Waals surface area contributed by atoms with Crippen LogP contribution in [0.15, 0.2) is 18.2 Å². The molecule has 1 heterocycles. The molecule has 1 rings (SSSR count). The number of aliphatic carboxylic acids is 1. The highest BCUT2D eigenvalue weighted by Crippen LogP contribution is 2.03. The number of hydrogen-bond acceptors (Lipinski definition) is 4. The summed E-state index contributed by atoms with van der Waals surface area (Å²) >= 11 is 0. The van der Waals surface area contributed by atoms with Gasteiger partial charge in [0, 0.05) is 12.7 Å². The highest BCUT2D eigenvalue weighted by molar-refractivity contribution is 5.82. The van der Waals surface area contributed by atoms with Crippen molar-refractivity contribution in [1.82, 2.24) is 15.2 Å². The fourth-order valence-electron chi connectivity index (χ4n) is 1.63. The highest BCUT2D eigenvalue weighted by Gasteiger charge is 2.26. The summed E-state index contributed by atoms with van der Waals surface area (Å²) in [6.45, 7) is 3.40. The Kier molecular flexibility index (Phi) is 5.45. The first-order chi connectivity index (χ1) is 9.31. The van der Waals surface area contributed by atoms with Gasteiger partial charge in [0.2, 0.25) is 0 Å². The molecule has 0 spiro atoms. The summed E-state index contributed by atoms with van der Waals surface area (Å²) in [7, 11) is 1.53. The Morgan fingerprint density at radius 1 is 1.45 bits per heavy atom. The van der Waals surface area contributed by atoms with Crippen molar-refractivity contribution in [3.8, 4) is 0 Å². The molecule has 2 atom stereocenters. The number of hydrogen-bond donors (Lipinski definition) is 3. The van der Waals surface area contributed by atoms with Gasteiger partial charge in [0.05, 0.1) is 18.3 Å². The van der Waals surface area contributed by atoms with Gasteiger partial charge >= 0.3 is 12.0 Å². The molecule has 110 valence electrons. The van der Waals surface area contributed by atoms with Crippen LogP contribution in [0.5, 0.6) is 0 Å². The summed E-state index contributed by atoms with van der Waals surface area (Å²) in [5, 5.41) is 20.5. The number of carbonyl (C=O) groups excluding carboxylic acids is 1. The second kappa shape index (κ2) is 6.85. The van der Waals surface area contributed by atoms with E-state index < -0.39 is 24.1 Å². The van der Waals surface area contributed by atoms with Gasteiger partial charge in [0.1, 0.15) is 0 Å². The number of carbonyl (C=O) groups is 2. The van der Waals surface area contributed by atoms with E-state index in [2.05, 4.69) is 10.3 Å². The minimum atomic E-state index is -1.34. The van der Waals surface area contributed by atoms with Crippen molar-refractivity contribution in [2.45, 2.75) is 32.5 Å². The molecule has 7 nitrogen and oxygen atoms in total. The van der Waals surface area contributed by atoms with E-state index in [1.807, 2.05) is 19.1 Å². The predicted octanol–water partition coefficient (Wildman–Crippen LogP) is 0.365. The molecule has 20 heavy (non-hydrogen) atoms. The summed E-state index contributed by atoms with van der Waals surface area (Å²) in [6.07, 6.45) is -1.18. The van der Waals surface area contributed by atoms with E-state index in [1.165, 1.54) is 18.9 Å². The van der Waals surface area contributed by atoms with Crippen molar-refractivity contribution in [2.24, 2.45) is 0 Å². The Labute approximate surface area is 117 Å². The first-order valence-corrected chi connectivity index (χ1v) is 6.16. The number of aryl methyl sites for hydroxylation is 1. The summed E-state index contributed by atoms with van der Waals surface area (Å²) < 4.78 is 0. The fraction of sp³-hybridized carbons (Fsp3) is 0.462. The fourth-order valence-corrected chi connectivity index (χ4v) is 1.63. The third-order valence-electron chi connectivity index (χ3n) is 2.72. The van der Waals surface area contributed by atoms with Gasteiger partial charge in [-0.25, -0.2) is 9.59 Å². The van der Waals surface area contributed by atoms with Crippen LogP contribution in [0, 0.1) is 6.92 Å². The number of urea groups is 1. The number of rotatable bonds is 5. The number of nitrogens with zero attached hydrogens (tertiary/aromatic N) is 2. The topological polar surface area (TPSA) is 103 Å². The zero-order valence-corrected chi connectivity index (χ0v) is 11.7. The third-order valence-corrected chi connectivity index (χ3v) is 2.72. The number of aliphatic hydroxyl groups is 1. The molecule has 1 aromatic rings. The van der Waals surface area contributed by atoms with Crippen molar-refractivity contribution in [2.75, 3.05) is 7.05 Å². The van der Waals surface area contributed by atoms with E-state index in [9.17, 15) is 14.7 Å². The Morgan fingerprint density at radius 3 is 2.60 bits per heavy atom. The van der Waals surface area contributed by atoms with Crippen LogP contribution in [0.4, 0.5) is 4.79 Å². The number of aromatic nitrogens is 1. The van der Waals surface area contributed by atoms with E-state index in [-0.39, 0.29) is 6.54 Å². The van der Waals surface area contributed by atoms with Crippen molar-refractivity contribution >= 4 is 12.0 Å². The highest BCUT2D eigenvalue weighted by atomic mass is 16.4. The lowest BCUT2D eigenvalue weighted by Crippen LogP contribution is -2.51. The van der Waals surface area contributed by atoms with Crippen LogP contribution in [0.3, 0.4) is 0 Å². The monoisotopic (exact) mass is 281 g/mol. The van der Waals surface area contributed by atoms with E-state index in [0.717, 1.165) is 5.69 Å². The Morgan fingerprint density at radius 2 is 2.10 bits per heavy atom. The zero-order chi connectivity index (χ0) is 15.3. The Balaban J connectivity index is 2.65. The van der Waals surface area contributed by atoms with Crippen LogP contribution in [-0.4, -0.2) is 51.3 Å². The van der Waals surface area contributed by atoms with Gasteiger partial charge in [-0.15, -0.1) is 0 Å². The summed E-state index contributed by atoms with van der Waals surface area (Å²) in [5.41, 5.74) is 1.54. The third kappa shape index (κ3) is 4.51. The SMILES string of the molecule is Cc1cccc(CN(C)C(=O)N[C@H](C(=O)O)[C@@H](C)O)n1. The number of nitrogens with one attached hydrogen (secondary N) is 1. The van der Waals surface area contributed by atoms with Crippen LogP contribution in [0.25, 0.3) is 0 Å². The molecular formula is C13H19N3O4. The molecular weight excluding hydrogens is 262 g/mol. The second-order valence-electron chi connectivity index (χ2n) is 4.63. The summed E-state index contributed by atoms with van der Waals surface area (Å²) in [4.78, 5) is 28.3. The van der Waals surface area contributed by atoms with E-state index in [0.29, 0.717) is 5.69 Å². The molecule has 0 unspecified atom stereocenters. The number of carboxylic acid groups (broad SMARTS) is 1. The standard InChI is InChI=1S/C13H19N3O4/c1-8-5-4-6-10(14-8)7-16(3)13(20)15-11(9(2)17)12(18)19/h4-6,9,11,17H,7H2,1-3H3,(H,15,20)(H,18,19)/t9-,11+/m1/s1. The van der Waals surface area contributed by atoms with Gasteiger partial charge in [-0.1, -0.05) is 6.07 Å². The molecule has 2 amide bonds. The summed E-state index contributed by atoms with van der Waals surface area (Å²) in [5.74, 6) is -1.28. The molecule has 3 N–H and O–H groups in total. The first kappa shape index (κ1) is 15.9. The first-order valence-electron chi connectivity index (χ1n) is 6.16. The number of aliphatic hydroxyl groups excluding tert-OH is 1. The maximum Gasteiger partial charge on any atom is 0.328 e. The van der Waals surface area contributed by atoms with Gasteiger partial charge in [0.25, 0.3) is 0 Å². The predicted molar refractivity (Wildman–Crippen MR) is 72.1 cm³/mol. The van der Waals surface area contributed by atoms with Crippen LogP contribution < -0.4 is 5.32 Å². The average Bonchev–Trinajstić information content (AvgIpc) is 2.34. The normalized spacial score (nSPS) is 13.4. The number of amides is 2. The van der Waals surface area contributed by atoms with Gasteiger partial charge in [0.15, 0.2) is 6.04 Å². The van der Waals surface area contributed by atoms with Gasteiger partial charge in [-0.3, -0.25) is 4.98 Å². The molecule has 0 fully saturated rings. The van der Waals surface area contributed by atoms with Crippen molar-refractivity contribution in [1.29, 1.82) is 0 Å². The van der Waals surface area contributed by atoms with Gasteiger partial charge in [-0.05, 0) is 26.0 Å². The maximum atomic E-state index is 11.9. The van der Waals surface area contributed by atoms with Gasteiger partial charge < -0.3 is 20.4 Å². The molecule has 0 aliphatic heterocycles. The molecule has 0 radical (unpaired) electrons. The maximum absolute atomic E-state index is 11.9. The largest absolute Gasteiger partial charge is 0.480 e. The lowest BCUT2D eigenvalue weighted by Gasteiger charge is -2.22. The molecule has 0 bridgehead atoms. The van der Waals surface area contributed by atoms with Crippen molar-refractivity contribution < 1.29 is 19.8 Å². The lowest BCUT2D eigenvalue weighted by atomic mass is 10.2. The molecule has 0 saturated heterocycles. The van der Waals surface area contributed by atoms with Crippen molar-refractivity contribution in [3.63, 3.8) is 0 Å². The van der Waals surface area contributed by atoms with Crippen molar-refractivity contribution in [3.05, 3.63) is 29.6 Å². The van der Waals surface area contributed by atoms with Crippen LogP contribution in [0.2, 0.25) is 0 Å². The second-order valence-corrected chi connectivity index (χ2v) is 4.63. The van der Waals surface area contributed by atoms with E-state index in [1.54, 1.807) is 6.07 Å². The molecule has 1 aromatic heterocycles. The quantitative estimate of drug-likeness (QED) is 0.723. The average molecular weight is 281 g/mol. The molecule has 0 aliphatic carbocycles. The van der Waals surface area contributed by atoms with E-state index >= 15 is 0 Å². The zero-order valence-electron chi connectivity index (χ0n) is 11.7. The van der Waals surface area contributed by atoms with Gasteiger partial charge in [-0.2, -0.15) is 0 Å². The van der Waals surface area contributed by atoms with Crippen LogP contribution >= 0.6 is 0 Å². The van der Waals surface area contributed by atoms with Crippen LogP contribution in [-0.2, 0) is 11.3 Å². The molecule has 0 aliphatic rings. The Bertz CT molecular complexity index is 490.